The van der Waals surface area contributed by atoms with Gasteiger partial charge < -0.3 is 11.1 Å². The molecule has 21 heavy (non-hydrogen) atoms. The fourth-order valence-electron chi connectivity index (χ4n) is 2.04. The highest BCUT2D eigenvalue weighted by Gasteiger charge is 2.17. The zero-order valence-electron chi connectivity index (χ0n) is 12.2. The van der Waals surface area contributed by atoms with Crippen LogP contribution in [0.3, 0.4) is 0 Å². The van der Waals surface area contributed by atoms with E-state index in [1.54, 1.807) is 4.68 Å². The van der Waals surface area contributed by atoms with Crippen LogP contribution in [0, 0.1) is 0 Å². The van der Waals surface area contributed by atoms with E-state index in [1.807, 2.05) is 45.0 Å². The molecule has 0 atom stereocenters. The minimum absolute atomic E-state index is 0.149. The van der Waals surface area contributed by atoms with Crippen molar-refractivity contribution in [3.8, 4) is 5.82 Å². The topological polar surface area (TPSA) is 94.5 Å². The zero-order chi connectivity index (χ0) is 15.0. The van der Waals surface area contributed by atoms with E-state index in [9.17, 15) is 0 Å². The lowest BCUT2D eigenvalue weighted by molar-refractivity contribution is 0.630. The van der Waals surface area contributed by atoms with Crippen molar-refractivity contribution in [2.24, 2.45) is 0 Å². The Bertz CT molecular complexity index is 785. The van der Waals surface area contributed by atoms with Crippen LogP contribution in [0.2, 0.25) is 0 Å². The summed E-state index contributed by atoms with van der Waals surface area (Å²) in [7, 11) is 0. The lowest BCUT2D eigenvalue weighted by Crippen LogP contribution is -2.27. The molecular formula is C14H17N7. The van der Waals surface area contributed by atoms with Gasteiger partial charge in [0, 0.05) is 5.54 Å². The number of benzene rings is 1. The molecule has 0 aliphatic heterocycles. The van der Waals surface area contributed by atoms with Crippen LogP contribution in [0.25, 0.3) is 16.9 Å². The standard InChI is InChI=1S/C14H17N7/c1-14(2,3)18-12-11(15)13(17-8-16-12)21-10-7-5-4-6-9(10)19-20-21/h4-8H,15H2,1-3H3,(H,16,17,18). The van der Waals surface area contributed by atoms with Crippen LogP contribution >= 0.6 is 0 Å². The van der Waals surface area contributed by atoms with Crippen LogP contribution in [0.1, 0.15) is 20.8 Å². The fraction of sp³-hybridized carbons (Fsp3) is 0.286. The van der Waals surface area contributed by atoms with E-state index < -0.39 is 0 Å². The number of anilines is 2. The molecule has 0 amide bonds. The van der Waals surface area contributed by atoms with Crippen molar-refractivity contribution in [3.05, 3.63) is 30.6 Å². The van der Waals surface area contributed by atoms with Gasteiger partial charge in [0.1, 0.15) is 17.5 Å². The number of nitrogens with two attached hydrogens (primary N) is 1. The summed E-state index contributed by atoms with van der Waals surface area (Å²) >= 11 is 0. The first-order valence-electron chi connectivity index (χ1n) is 6.65. The summed E-state index contributed by atoms with van der Waals surface area (Å²) in [5.41, 5.74) is 8.14. The van der Waals surface area contributed by atoms with Crippen molar-refractivity contribution < 1.29 is 0 Å². The Morgan fingerprint density at radius 2 is 1.90 bits per heavy atom. The smallest absolute Gasteiger partial charge is 0.184 e. The van der Waals surface area contributed by atoms with Gasteiger partial charge in [0.2, 0.25) is 0 Å². The largest absolute Gasteiger partial charge is 0.393 e. The SMILES string of the molecule is CC(C)(C)Nc1ncnc(-n2nnc3ccccc32)c1N. The number of hydrogen-bond acceptors (Lipinski definition) is 6. The van der Waals surface area contributed by atoms with Gasteiger partial charge in [-0.05, 0) is 32.9 Å². The van der Waals surface area contributed by atoms with Crippen LogP contribution in [-0.4, -0.2) is 30.5 Å². The van der Waals surface area contributed by atoms with Gasteiger partial charge in [-0.1, -0.05) is 17.3 Å². The molecule has 0 aliphatic rings. The molecule has 3 rings (SSSR count). The average Bonchev–Trinajstić information content (AvgIpc) is 2.84. The first-order valence-corrected chi connectivity index (χ1v) is 6.65. The van der Waals surface area contributed by atoms with Gasteiger partial charge in [-0.2, -0.15) is 4.68 Å². The summed E-state index contributed by atoms with van der Waals surface area (Å²) in [5.74, 6) is 1.11. The first-order chi connectivity index (χ1) is 9.96. The van der Waals surface area contributed by atoms with E-state index in [0.29, 0.717) is 17.3 Å². The maximum Gasteiger partial charge on any atom is 0.184 e. The van der Waals surface area contributed by atoms with Gasteiger partial charge >= 0.3 is 0 Å². The number of rotatable bonds is 2. The number of hydrogen-bond donors (Lipinski definition) is 2. The lowest BCUT2D eigenvalue weighted by atomic mass is 10.1. The van der Waals surface area contributed by atoms with Crippen LogP contribution < -0.4 is 11.1 Å². The van der Waals surface area contributed by atoms with Crippen molar-refractivity contribution in [3.63, 3.8) is 0 Å². The van der Waals surface area contributed by atoms with E-state index in [-0.39, 0.29) is 5.54 Å². The van der Waals surface area contributed by atoms with E-state index in [0.717, 1.165) is 11.0 Å². The Morgan fingerprint density at radius 3 is 2.67 bits per heavy atom. The van der Waals surface area contributed by atoms with Gasteiger partial charge in [0.25, 0.3) is 0 Å². The van der Waals surface area contributed by atoms with E-state index in [2.05, 4.69) is 25.6 Å². The molecule has 2 aromatic heterocycles. The van der Waals surface area contributed by atoms with Gasteiger partial charge in [-0.3, -0.25) is 0 Å². The van der Waals surface area contributed by atoms with Crippen molar-refractivity contribution in [2.45, 2.75) is 26.3 Å². The molecule has 0 saturated carbocycles. The predicted molar refractivity (Wildman–Crippen MR) is 82.2 cm³/mol. The summed E-state index contributed by atoms with van der Waals surface area (Å²) < 4.78 is 1.63. The fourth-order valence-corrected chi connectivity index (χ4v) is 2.04. The number of fused-ring (bicyclic) bond motifs is 1. The maximum atomic E-state index is 6.20. The Morgan fingerprint density at radius 1 is 1.14 bits per heavy atom. The molecule has 108 valence electrons. The molecule has 2 heterocycles. The van der Waals surface area contributed by atoms with Crippen LogP contribution in [-0.2, 0) is 0 Å². The van der Waals surface area contributed by atoms with Gasteiger partial charge in [-0.15, -0.1) is 5.10 Å². The maximum absolute atomic E-state index is 6.20. The zero-order valence-corrected chi connectivity index (χ0v) is 12.2. The van der Waals surface area contributed by atoms with Gasteiger partial charge in [-0.25, -0.2) is 9.97 Å². The summed E-state index contributed by atoms with van der Waals surface area (Å²) in [4.78, 5) is 8.45. The van der Waals surface area contributed by atoms with Crippen molar-refractivity contribution >= 4 is 22.5 Å². The molecule has 3 aromatic rings. The Balaban J connectivity index is 2.13. The van der Waals surface area contributed by atoms with Crippen molar-refractivity contribution in [1.82, 2.24) is 25.0 Å². The number of para-hydroxylation sites is 1. The van der Waals surface area contributed by atoms with Crippen LogP contribution in [0.5, 0.6) is 0 Å². The molecule has 0 radical (unpaired) electrons. The number of nitrogens with zero attached hydrogens (tertiary/aromatic N) is 5. The second-order valence-electron chi connectivity index (χ2n) is 5.82. The molecule has 0 spiro atoms. The molecule has 0 bridgehead atoms. The van der Waals surface area contributed by atoms with Crippen molar-refractivity contribution in [1.29, 1.82) is 0 Å². The second kappa shape index (κ2) is 4.69. The quantitative estimate of drug-likeness (QED) is 0.747. The summed E-state index contributed by atoms with van der Waals surface area (Å²) in [6, 6.07) is 7.66. The minimum atomic E-state index is -0.149. The van der Waals surface area contributed by atoms with Crippen LogP contribution in [0.15, 0.2) is 30.6 Å². The van der Waals surface area contributed by atoms with E-state index in [1.165, 1.54) is 6.33 Å². The van der Waals surface area contributed by atoms with E-state index >= 15 is 0 Å². The van der Waals surface area contributed by atoms with Crippen molar-refractivity contribution in [2.75, 3.05) is 11.1 Å². The Hall–Kier alpha value is -2.70. The Labute approximate surface area is 122 Å². The van der Waals surface area contributed by atoms with Gasteiger partial charge in [0.15, 0.2) is 11.6 Å². The molecule has 0 fully saturated rings. The molecule has 1 aromatic carbocycles. The third-order valence-corrected chi connectivity index (χ3v) is 2.91. The molecule has 7 nitrogen and oxygen atoms in total. The van der Waals surface area contributed by atoms with E-state index in [4.69, 9.17) is 5.73 Å². The number of aromatic nitrogens is 5. The molecule has 0 aliphatic carbocycles. The summed E-state index contributed by atoms with van der Waals surface area (Å²) in [6.07, 6.45) is 1.47. The molecule has 0 saturated heterocycles. The third-order valence-electron chi connectivity index (χ3n) is 2.91. The van der Waals surface area contributed by atoms with Gasteiger partial charge in [0.05, 0.1) is 5.52 Å². The predicted octanol–water partition coefficient (Wildman–Crippen LogP) is 2.00. The summed E-state index contributed by atoms with van der Waals surface area (Å²) in [5, 5.41) is 11.5. The molecular weight excluding hydrogens is 266 g/mol. The lowest BCUT2D eigenvalue weighted by Gasteiger charge is -2.22. The Kier molecular flexibility index (Phi) is 2.97. The first kappa shape index (κ1) is 13.3. The highest BCUT2D eigenvalue weighted by Crippen LogP contribution is 2.25. The normalized spacial score (nSPS) is 11.8. The average molecular weight is 283 g/mol. The monoisotopic (exact) mass is 283 g/mol. The summed E-state index contributed by atoms with van der Waals surface area (Å²) in [6.45, 7) is 6.12. The van der Waals surface area contributed by atoms with Crippen LogP contribution in [0.4, 0.5) is 11.5 Å². The highest BCUT2D eigenvalue weighted by atomic mass is 15.4. The second-order valence-corrected chi connectivity index (χ2v) is 5.82. The highest BCUT2D eigenvalue weighted by molar-refractivity contribution is 5.79. The number of nitrogen functional groups attached to an aromatic ring is 1. The number of nitrogens with one attached hydrogen (secondary N) is 1. The molecule has 3 N–H and O–H groups in total. The molecule has 0 unspecified atom stereocenters. The third kappa shape index (κ3) is 2.49. The molecule has 7 heteroatoms. The minimum Gasteiger partial charge on any atom is -0.393 e.